The minimum Gasteiger partial charge on any atom is -0.477 e. The van der Waals surface area contributed by atoms with Crippen molar-refractivity contribution in [3.63, 3.8) is 0 Å². The molecule has 0 aliphatic rings. The fourth-order valence-corrected chi connectivity index (χ4v) is 2.04. The quantitative estimate of drug-likeness (QED) is 0.608. The molecule has 25 heavy (non-hydrogen) atoms. The third-order valence-electron chi connectivity index (χ3n) is 2.92. The normalized spacial score (nSPS) is 10.0. The summed E-state index contributed by atoms with van der Waals surface area (Å²) in [5.41, 5.74) is 4.21. The first kappa shape index (κ1) is 18.5. The van der Waals surface area contributed by atoms with E-state index < -0.39 is 23.3 Å². The number of hydrogen-bond acceptors (Lipinski definition) is 5. The number of ether oxygens (including phenoxy) is 1. The molecule has 130 valence electrons. The van der Waals surface area contributed by atoms with Gasteiger partial charge in [0.05, 0.1) is 15.0 Å². The Labute approximate surface area is 151 Å². The van der Waals surface area contributed by atoms with Crippen LogP contribution in [-0.4, -0.2) is 23.3 Å². The summed E-state index contributed by atoms with van der Waals surface area (Å²) in [6.07, 6.45) is 0. The van der Waals surface area contributed by atoms with Crippen molar-refractivity contribution in [2.45, 2.75) is 0 Å². The lowest BCUT2D eigenvalue weighted by Gasteiger charge is -2.09. The van der Waals surface area contributed by atoms with Gasteiger partial charge in [-0.05, 0) is 24.3 Å². The van der Waals surface area contributed by atoms with E-state index in [1.165, 1.54) is 42.5 Å². The summed E-state index contributed by atoms with van der Waals surface area (Å²) >= 11 is 11.6. The number of para-hydroxylation sites is 2. The number of benzene rings is 2. The van der Waals surface area contributed by atoms with Gasteiger partial charge in [-0.15, -0.1) is 0 Å². The van der Waals surface area contributed by atoms with Crippen molar-refractivity contribution in [2.24, 2.45) is 0 Å². The molecular weight excluding hydrogens is 373 g/mol. The Morgan fingerprint density at radius 1 is 1.08 bits per heavy atom. The van der Waals surface area contributed by atoms with Crippen LogP contribution in [0.1, 0.15) is 10.4 Å². The molecule has 0 fully saturated rings. The van der Waals surface area contributed by atoms with Gasteiger partial charge in [0.1, 0.15) is 0 Å². The second-order valence-electron chi connectivity index (χ2n) is 4.64. The third kappa shape index (κ3) is 5.07. The van der Waals surface area contributed by atoms with Crippen molar-refractivity contribution in [1.82, 2.24) is 10.9 Å². The molecule has 2 amide bonds. The molecule has 10 heteroatoms. The number of hydrogen-bond donors (Lipinski definition) is 2. The molecule has 0 aromatic heterocycles. The number of nitrogens with zero attached hydrogens (tertiary/aromatic N) is 1. The number of rotatable bonds is 5. The van der Waals surface area contributed by atoms with Crippen molar-refractivity contribution < 1.29 is 19.2 Å². The average Bonchev–Trinajstić information content (AvgIpc) is 2.60. The zero-order valence-electron chi connectivity index (χ0n) is 12.5. The van der Waals surface area contributed by atoms with Crippen LogP contribution < -0.4 is 15.6 Å². The lowest BCUT2D eigenvalue weighted by atomic mass is 10.2. The van der Waals surface area contributed by atoms with Crippen molar-refractivity contribution in [1.29, 1.82) is 0 Å². The van der Waals surface area contributed by atoms with Crippen LogP contribution in [0.15, 0.2) is 42.5 Å². The van der Waals surface area contributed by atoms with Gasteiger partial charge >= 0.3 is 5.69 Å². The van der Waals surface area contributed by atoms with E-state index in [0.717, 1.165) is 0 Å². The van der Waals surface area contributed by atoms with Crippen LogP contribution >= 0.6 is 23.2 Å². The zero-order chi connectivity index (χ0) is 18.4. The largest absolute Gasteiger partial charge is 0.477 e. The molecule has 0 aliphatic carbocycles. The van der Waals surface area contributed by atoms with Gasteiger partial charge in [0.25, 0.3) is 11.8 Å². The number of nitrogens with one attached hydrogen (secondary N) is 2. The van der Waals surface area contributed by atoms with Gasteiger partial charge in [-0.1, -0.05) is 35.3 Å². The van der Waals surface area contributed by atoms with Crippen molar-refractivity contribution in [2.75, 3.05) is 6.61 Å². The van der Waals surface area contributed by atoms with E-state index in [0.29, 0.717) is 5.02 Å². The highest BCUT2D eigenvalue weighted by atomic mass is 35.5. The summed E-state index contributed by atoms with van der Waals surface area (Å²) in [7, 11) is 0. The van der Waals surface area contributed by atoms with Gasteiger partial charge in [0.2, 0.25) is 0 Å². The maximum Gasteiger partial charge on any atom is 0.310 e. The molecule has 0 radical (unpaired) electrons. The van der Waals surface area contributed by atoms with Crippen molar-refractivity contribution in [3.05, 3.63) is 68.2 Å². The molecule has 2 aromatic carbocycles. The maximum atomic E-state index is 11.9. The number of hydrazine groups is 1. The fourth-order valence-electron chi connectivity index (χ4n) is 1.75. The molecule has 0 spiro atoms. The highest BCUT2D eigenvalue weighted by molar-refractivity contribution is 6.42. The van der Waals surface area contributed by atoms with Crippen LogP contribution in [0.2, 0.25) is 10.0 Å². The van der Waals surface area contributed by atoms with Crippen LogP contribution in [0, 0.1) is 10.1 Å². The summed E-state index contributed by atoms with van der Waals surface area (Å²) < 4.78 is 5.09. The second kappa shape index (κ2) is 8.32. The average molecular weight is 384 g/mol. The fraction of sp³-hybridized carbons (Fsp3) is 0.0667. The van der Waals surface area contributed by atoms with E-state index in [2.05, 4.69) is 10.9 Å². The molecule has 2 rings (SSSR count). The number of nitro benzene ring substituents is 1. The number of carbonyl (C=O) groups is 2. The second-order valence-corrected chi connectivity index (χ2v) is 5.46. The molecule has 0 saturated carbocycles. The minimum absolute atomic E-state index is 0.0570. The van der Waals surface area contributed by atoms with E-state index in [1.54, 1.807) is 0 Å². The Hall–Kier alpha value is -2.84. The van der Waals surface area contributed by atoms with E-state index in [-0.39, 0.29) is 22.0 Å². The smallest absolute Gasteiger partial charge is 0.310 e. The highest BCUT2D eigenvalue weighted by Crippen LogP contribution is 2.25. The summed E-state index contributed by atoms with van der Waals surface area (Å²) in [5, 5.41) is 11.3. The van der Waals surface area contributed by atoms with Gasteiger partial charge in [0, 0.05) is 11.6 Å². The Morgan fingerprint density at radius 2 is 1.80 bits per heavy atom. The molecule has 0 unspecified atom stereocenters. The number of amides is 2. The monoisotopic (exact) mass is 383 g/mol. The topological polar surface area (TPSA) is 111 Å². The Balaban J connectivity index is 1.88. The predicted octanol–water partition coefficient (Wildman–Crippen LogP) is 2.74. The van der Waals surface area contributed by atoms with Crippen molar-refractivity contribution >= 4 is 40.7 Å². The standard InChI is InChI=1S/C15H11Cl2N3O5/c16-10-6-5-9(7-11(10)17)15(22)19-18-14(21)8-25-13-4-2-1-3-12(13)20(23)24/h1-7H,8H2,(H,18,21)(H,19,22). The molecule has 0 atom stereocenters. The first-order chi connectivity index (χ1) is 11.9. The third-order valence-corrected chi connectivity index (χ3v) is 3.66. The SMILES string of the molecule is O=C(COc1ccccc1[N+](=O)[O-])NNC(=O)c1ccc(Cl)c(Cl)c1. The number of carbonyl (C=O) groups excluding carboxylic acids is 2. The van der Waals surface area contributed by atoms with Gasteiger partial charge in [-0.3, -0.25) is 30.6 Å². The lowest BCUT2D eigenvalue weighted by Crippen LogP contribution is -2.43. The number of nitro groups is 1. The molecule has 2 aromatic rings. The van der Waals surface area contributed by atoms with Gasteiger partial charge in [-0.25, -0.2) is 0 Å². The Morgan fingerprint density at radius 3 is 2.48 bits per heavy atom. The van der Waals surface area contributed by atoms with Crippen LogP contribution in [-0.2, 0) is 4.79 Å². The summed E-state index contributed by atoms with van der Waals surface area (Å²) in [6.45, 7) is -0.521. The zero-order valence-corrected chi connectivity index (χ0v) is 14.0. The van der Waals surface area contributed by atoms with Crippen LogP contribution in [0.25, 0.3) is 0 Å². The minimum atomic E-state index is -0.702. The molecular formula is C15H11Cl2N3O5. The lowest BCUT2D eigenvalue weighted by molar-refractivity contribution is -0.385. The molecule has 0 aliphatic heterocycles. The Bertz CT molecular complexity index is 829. The van der Waals surface area contributed by atoms with Crippen molar-refractivity contribution in [3.8, 4) is 5.75 Å². The first-order valence-corrected chi connectivity index (χ1v) is 7.54. The van der Waals surface area contributed by atoms with Gasteiger partial charge < -0.3 is 4.74 Å². The first-order valence-electron chi connectivity index (χ1n) is 6.79. The Kier molecular flexibility index (Phi) is 6.15. The maximum absolute atomic E-state index is 11.9. The van der Waals surface area contributed by atoms with E-state index in [1.807, 2.05) is 0 Å². The predicted molar refractivity (Wildman–Crippen MR) is 90.7 cm³/mol. The summed E-state index contributed by atoms with van der Waals surface area (Å²) in [6, 6.07) is 9.83. The highest BCUT2D eigenvalue weighted by Gasteiger charge is 2.15. The molecule has 8 nitrogen and oxygen atoms in total. The molecule has 0 bridgehead atoms. The van der Waals surface area contributed by atoms with Crippen LogP contribution in [0.5, 0.6) is 5.75 Å². The van der Waals surface area contributed by atoms with E-state index in [4.69, 9.17) is 27.9 Å². The van der Waals surface area contributed by atoms with Gasteiger partial charge in [-0.2, -0.15) is 0 Å². The number of halogens is 2. The van der Waals surface area contributed by atoms with Gasteiger partial charge in [0.15, 0.2) is 12.4 Å². The van der Waals surface area contributed by atoms with Crippen LogP contribution in [0.4, 0.5) is 5.69 Å². The molecule has 0 heterocycles. The molecule has 2 N–H and O–H groups in total. The summed E-state index contributed by atoms with van der Waals surface area (Å²) in [5.74, 6) is -1.37. The molecule has 0 saturated heterocycles. The van der Waals surface area contributed by atoms with E-state index >= 15 is 0 Å². The van der Waals surface area contributed by atoms with E-state index in [9.17, 15) is 19.7 Å². The van der Waals surface area contributed by atoms with Crippen LogP contribution in [0.3, 0.4) is 0 Å². The summed E-state index contributed by atoms with van der Waals surface area (Å²) in [4.78, 5) is 33.8.